The molecule has 104 valence electrons. The Morgan fingerprint density at radius 1 is 1.25 bits per heavy atom. The zero-order chi connectivity index (χ0) is 14.7. The highest BCUT2D eigenvalue weighted by Gasteiger charge is 2.19. The summed E-state index contributed by atoms with van der Waals surface area (Å²) in [5.41, 5.74) is 4.85. The van der Waals surface area contributed by atoms with Gasteiger partial charge in [0.2, 0.25) is 0 Å². The van der Waals surface area contributed by atoms with E-state index in [1.165, 1.54) is 11.8 Å². The second kappa shape index (κ2) is 5.92. The summed E-state index contributed by atoms with van der Waals surface area (Å²) in [6.45, 7) is 0. The van der Waals surface area contributed by atoms with Gasteiger partial charge >= 0.3 is 0 Å². The molecule has 0 aromatic heterocycles. The molecule has 0 saturated heterocycles. The fourth-order valence-electron chi connectivity index (χ4n) is 1.67. The van der Waals surface area contributed by atoms with Gasteiger partial charge in [-0.1, -0.05) is 6.07 Å². The minimum absolute atomic E-state index is 0.269. The van der Waals surface area contributed by atoms with Gasteiger partial charge in [-0.3, -0.25) is 4.79 Å². The van der Waals surface area contributed by atoms with Crippen molar-refractivity contribution in [3.63, 3.8) is 0 Å². The molecule has 0 atom stereocenters. The van der Waals surface area contributed by atoms with E-state index in [2.05, 4.69) is 5.32 Å². The number of hydrogen-bond donors (Lipinski definition) is 2. The van der Waals surface area contributed by atoms with E-state index in [0.29, 0.717) is 5.69 Å². The van der Waals surface area contributed by atoms with Crippen molar-refractivity contribution >= 4 is 29.0 Å². The second-order valence-corrected chi connectivity index (χ2v) is 4.89. The first-order chi connectivity index (χ1) is 9.52. The Hall–Kier alpha value is -2.08. The number of anilines is 2. The number of thioether (sulfide) groups is 1. The van der Waals surface area contributed by atoms with Gasteiger partial charge in [0.25, 0.3) is 5.91 Å². The lowest BCUT2D eigenvalue weighted by Gasteiger charge is -2.09. The van der Waals surface area contributed by atoms with Gasteiger partial charge in [0.05, 0.1) is 5.69 Å². The van der Waals surface area contributed by atoms with Gasteiger partial charge in [-0.15, -0.1) is 11.8 Å². The lowest BCUT2D eigenvalue weighted by Crippen LogP contribution is -2.16. The van der Waals surface area contributed by atoms with Crippen molar-refractivity contribution in [2.75, 3.05) is 17.3 Å². The summed E-state index contributed by atoms with van der Waals surface area (Å²) >= 11 is 1.50. The molecule has 2 aromatic carbocycles. The molecule has 0 aliphatic rings. The van der Waals surface area contributed by atoms with Crippen molar-refractivity contribution in [3.8, 4) is 0 Å². The van der Waals surface area contributed by atoms with Crippen molar-refractivity contribution in [3.05, 3.63) is 53.6 Å². The first-order valence-corrected chi connectivity index (χ1v) is 6.94. The molecule has 0 fully saturated rings. The van der Waals surface area contributed by atoms with Crippen LogP contribution in [0.2, 0.25) is 0 Å². The smallest absolute Gasteiger partial charge is 0.261 e. The van der Waals surface area contributed by atoms with E-state index in [4.69, 9.17) is 5.73 Å². The molecule has 1 amide bonds. The Balaban J connectivity index is 2.31. The molecular formula is C14H12F2N2OS. The van der Waals surface area contributed by atoms with Crippen LogP contribution in [0.4, 0.5) is 20.2 Å². The van der Waals surface area contributed by atoms with E-state index in [1.54, 1.807) is 18.2 Å². The van der Waals surface area contributed by atoms with Crippen LogP contribution < -0.4 is 11.1 Å². The predicted octanol–water partition coefficient (Wildman–Crippen LogP) is 3.52. The summed E-state index contributed by atoms with van der Waals surface area (Å²) < 4.78 is 27.3. The van der Waals surface area contributed by atoms with Gasteiger partial charge in [0.1, 0.15) is 11.4 Å². The van der Waals surface area contributed by atoms with Crippen molar-refractivity contribution in [2.45, 2.75) is 4.90 Å². The average molecular weight is 294 g/mol. The minimum atomic E-state index is -1.05. The number of halogens is 2. The van der Waals surface area contributed by atoms with Gasteiger partial charge in [-0.25, -0.2) is 8.78 Å². The van der Waals surface area contributed by atoms with Crippen LogP contribution in [-0.2, 0) is 0 Å². The van der Waals surface area contributed by atoms with Crippen molar-refractivity contribution < 1.29 is 13.6 Å². The molecule has 3 nitrogen and oxygen atoms in total. The standard InChI is InChI=1S/C14H12F2N2OS/c1-20-9-4-2-3-8(7-9)18-14(19)12-10(15)5-6-11(17)13(12)16/h2-7H,17H2,1H3,(H,18,19). The van der Waals surface area contributed by atoms with Gasteiger partial charge in [-0.2, -0.15) is 0 Å². The average Bonchev–Trinajstić information content (AvgIpc) is 2.43. The summed E-state index contributed by atoms with van der Waals surface area (Å²) in [7, 11) is 0. The predicted molar refractivity (Wildman–Crippen MR) is 76.9 cm³/mol. The molecule has 0 radical (unpaired) electrons. The number of nitrogens with one attached hydrogen (secondary N) is 1. The maximum atomic E-state index is 13.7. The molecule has 0 bridgehead atoms. The van der Waals surface area contributed by atoms with E-state index >= 15 is 0 Å². The number of carbonyl (C=O) groups is 1. The summed E-state index contributed by atoms with van der Waals surface area (Å²) in [5, 5.41) is 2.45. The van der Waals surface area contributed by atoms with Crippen LogP contribution in [0.5, 0.6) is 0 Å². The Morgan fingerprint density at radius 2 is 2.00 bits per heavy atom. The molecular weight excluding hydrogens is 282 g/mol. The molecule has 6 heteroatoms. The molecule has 3 N–H and O–H groups in total. The minimum Gasteiger partial charge on any atom is -0.396 e. The molecule has 0 spiro atoms. The molecule has 0 saturated carbocycles. The van der Waals surface area contributed by atoms with E-state index < -0.39 is 23.1 Å². The number of benzene rings is 2. The first-order valence-electron chi connectivity index (χ1n) is 5.72. The SMILES string of the molecule is CSc1cccc(NC(=O)c2c(F)ccc(N)c2F)c1. The lowest BCUT2D eigenvalue weighted by atomic mass is 10.1. The fraction of sp³-hybridized carbons (Fsp3) is 0.0714. The molecule has 0 unspecified atom stereocenters. The number of carbonyl (C=O) groups excluding carboxylic acids is 1. The van der Waals surface area contributed by atoms with Crippen molar-refractivity contribution in [1.29, 1.82) is 0 Å². The maximum absolute atomic E-state index is 13.7. The third kappa shape index (κ3) is 2.91. The summed E-state index contributed by atoms with van der Waals surface area (Å²) in [6.07, 6.45) is 1.89. The van der Waals surface area contributed by atoms with E-state index in [0.717, 1.165) is 17.0 Å². The Morgan fingerprint density at radius 3 is 2.70 bits per heavy atom. The third-order valence-corrected chi connectivity index (χ3v) is 3.40. The first kappa shape index (κ1) is 14.3. The van der Waals surface area contributed by atoms with Crippen molar-refractivity contribution in [2.24, 2.45) is 0 Å². The van der Waals surface area contributed by atoms with Crippen LogP contribution in [0.25, 0.3) is 0 Å². The number of nitrogens with two attached hydrogens (primary N) is 1. The highest BCUT2D eigenvalue weighted by Crippen LogP contribution is 2.22. The van der Waals surface area contributed by atoms with Crippen LogP contribution in [0.15, 0.2) is 41.3 Å². The Kier molecular flexibility index (Phi) is 4.24. The van der Waals surface area contributed by atoms with Gasteiger partial charge in [-0.05, 0) is 36.6 Å². The third-order valence-electron chi connectivity index (χ3n) is 2.68. The Labute approximate surface area is 119 Å². The number of nitrogen functional groups attached to an aromatic ring is 1. The lowest BCUT2D eigenvalue weighted by molar-refractivity contribution is 0.101. The normalized spacial score (nSPS) is 10.3. The highest BCUT2D eigenvalue weighted by molar-refractivity contribution is 7.98. The van der Waals surface area contributed by atoms with Crippen LogP contribution in [0.3, 0.4) is 0 Å². The number of hydrogen-bond acceptors (Lipinski definition) is 3. The van der Waals surface area contributed by atoms with E-state index in [1.807, 2.05) is 12.3 Å². The molecule has 2 aromatic rings. The van der Waals surface area contributed by atoms with Crippen LogP contribution >= 0.6 is 11.8 Å². The van der Waals surface area contributed by atoms with Crippen LogP contribution in [0.1, 0.15) is 10.4 Å². The van der Waals surface area contributed by atoms with Crippen molar-refractivity contribution in [1.82, 2.24) is 0 Å². The van der Waals surface area contributed by atoms with Gasteiger partial charge in [0.15, 0.2) is 5.82 Å². The monoisotopic (exact) mass is 294 g/mol. The zero-order valence-electron chi connectivity index (χ0n) is 10.6. The largest absolute Gasteiger partial charge is 0.396 e. The number of rotatable bonds is 3. The molecule has 2 rings (SSSR count). The topological polar surface area (TPSA) is 55.1 Å². The molecule has 20 heavy (non-hydrogen) atoms. The number of amides is 1. The summed E-state index contributed by atoms with van der Waals surface area (Å²) in [6, 6.07) is 9.00. The molecule has 0 heterocycles. The van der Waals surface area contributed by atoms with Crippen LogP contribution in [-0.4, -0.2) is 12.2 Å². The quantitative estimate of drug-likeness (QED) is 0.672. The maximum Gasteiger partial charge on any atom is 0.261 e. The molecule has 0 aliphatic carbocycles. The fourth-order valence-corrected chi connectivity index (χ4v) is 2.13. The summed E-state index contributed by atoms with van der Waals surface area (Å²) in [5.74, 6) is -2.87. The zero-order valence-corrected chi connectivity index (χ0v) is 11.4. The summed E-state index contributed by atoms with van der Waals surface area (Å²) in [4.78, 5) is 12.9. The Bertz CT molecular complexity index is 662. The second-order valence-electron chi connectivity index (χ2n) is 4.01. The van der Waals surface area contributed by atoms with Gasteiger partial charge in [0, 0.05) is 10.6 Å². The highest BCUT2D eigenvalue weighted by atomic mass is 32.2. The van der Waals surface area contributed by atoms with Gasteiger partial charge < -0.3 is 11.1 Å². The van der Waals surface area contributed by atoms with E-state index in [9.17, 15) is 13.6 Å². The molecule has 0 aliphatic heterocycles. The van der Waals surface area contributed by atoms with E-state index in [-0.39, 0.29) is 5.69 Å². The van der Waals surface area contributed by atoms with Crippen LogP contribution in [0, 0.1) is 11.6 Å².